The lowest BCUT2D eigenvalue weighted by Crippen LogP contribution is -2.33. The van der Waals surface area contributed by atoms with E-state index in [1.807, 2.05) is 0 Å². The number of nitrogens with zero attached hydrogens (tertiary/aromatic N) is 2. The molecule has 12 aromatic carbocycles. The fourth-order valence-electron chi connectivity index (χ4n) is 16.1. The summed E-state index contributed by atoms with van der Waals surface area (Å²) in [5.74, 6) is 0. The van der Waals surface area contributed by atoms with Crippen LogP contribution in [0.25, 0.3) is 83.1 Å². The summed E-state index contributed by atoms with van der Waals surface area (Å²) in [6, 6.07) is 102. The minimum absolute atomic E-state index is 0.171. The fraction of sp³-hybridized carbons (Fsp3) is 0.0649. The largest absolute Gasteiger partial charge is 0.310 e. The van der Waals surface area contributed by atoms with Crippen LogP contribution in [-0.4, -0.2) is 4.57 Å². The summed E-state index contributed by atoms with van der Waals surface area (Å²) < 4.78 is 2.53. The third kappa shape index (κ3) is 5.23. The molecule has 1 atom stereocenters. The summed E-state index contributed by atoms with van der Waals surface area (Å²) in [5.41, 5.74) is 32.3. The molecular weight excluding hydrogens is 953 g/mol. The SMILES string of the molecule is CC1(C)c2ccccc2-c2ccc(N(c3ccc(-c4ccc5c(c4)C4(c6ccccc6-5)c5ccccc5-n5c6ccccc6c6cccc4c65)cc3)c3cccc4c3-c3ccccc3C43c4ccccc4-c4ccccc43)cc21. The maximum atomic E-state index is 2.55. The van der Waals surface area contributed by atoms with Gasteiger partial charge in [0.15, 0.2) is 0 Å². The topological polar surface area (TPSA) is 8.17 Å². The first-order chi connectivity index (χ1) is 39.0. The summed E-state index contributed by atoms with van der Waals surface area (Å²) in [4.78, 5) is 2.55. The minimum Gasteiger partial charge on any atom is -0.310 e. The Labute approximate surface area is 459 Å². The van der Waals surface area contributed by atoms with Gasteiger partial charge in [0.1, 0.15) is 0 Å². The monoisotopic (exact) mass is 1000 g/mol. The standard InChI is InChI=1S/C77H50N2/c1-75(2)60-26-9-3-19-51(60)55-44-42-50(46-68(55)75)78(72-36-18-32-66-73(72)59-24-7-13-30-64(59)76(66)61-27-10-4-20-52(61)53-21-5-11-28-62(53)76)49-40-37-47(38-41-49)48-39-43-56-54-22-6-12-29-63(54)77(69(56)45-48)65-31-14-16-35-71(65)79-70-34-15-8-23-57(70)58-25-17-33-67(77)74(58)79/h3-46H,1-2H3. The molecule has 0 N–H and O–H groups in total. The lowest BCUT2D eigenvalue weighted by Gasteiger charge is -2.39. The maximum Gasteiger partial charge on any atom is 0.0754 e. The van der Waals surface area contributed by atoms with Gasteiger partial charge in [-0.25, -0.2) is 0 Å². The molecule has 79 heavy (non-hydrogen) atoms. The van der Waals surface area contributed by atoms with Crippen LogP contribution in [0.5, 0.6) is 0 Å². The van der Waals surface area contributed by atoms with Crippen LogP contribution in [0, 0.1) is 0 Å². The molecule has 0 radical (unpaired) electrons. The number of anilines is 3. The van der Waals surface area contributed by atoms with Crippen LogP contribution in [-0.2, 0) is 16.2 Å². The van der Waals surface area contributed by atoms with E-state index in [2.05, 4.69) is 290 Å². The van der Waals surface area contributed by atoms with Crippen molar-refractivity contribution in [3.63, 3.8) is 0 Å². The van der Waals surface area contributed by atoms with Crippen molar-refractivity contribution in [2.45, 2.75) is 30.1 Å². The molecule has 2 nitrogen and oxygen atoms in total. The molecule has 0 amide bonds. The number of benzene rings is 12. The van der Waals surface area contributed by atoms with Crippen LogP contribution in [0.3, 0.4) is 0 Å². The van der Waals surface area contributed by atoms with Gasteiger partial charge >= 0.3 is 0 Å². The van der Waals surface area contributed by atoms with Gasteiger partial charge in [-0.2, -0.15) is 0 Å². The molecule has 13 aromatic rings. The first kappa shape index (κ1) is 43.4. The lowest BCUT2D eigenvalue weighted by atomic mass is 9.65. The van der Waals surface area contributed by atoms with Crippen molar-refractivity contribution in [3.8, 4) is 61.3 Å². The van der Waals surface area contributed by atoms with E-state index in [0.29, 0.717) is 0 Å². The first-order valence-corrected chi connectivity index (χ1v) is 27.9. The lowest BCUT2D eigenvalue weighted by molar-refractivity contribution is 0.660. The summed E-state index contributed by atoms with van der Waals surface area (Å²) in [5, 5.41) is 2.58. The molecule has 0 fully saturated rings. The molecule has 18 rings (SSSR count). The van der Waals surface area contributed by atoms with Crippen molar-refractivity contribution < 1.29 is 0 Å². The maximum absolute atomic E-state index is 2.55. The van der Waals surface area contributed by atoms with E-state index in [-0.39, 0.29) is 5.41 Å². The van der Waals surface area contributed by atoms with Gasteiger partial charge in [0.05, 0.1) is 33.2 Å². The molecule has 5 aliphatic rings. The molecule has 368 valence electrons. The molecular formula is C77H50N2. The van der Waals surface area contributed by atoms with Gasteiger partial charge in [-0.1, -0.05) is 232 Å². The average Bonchev–Trinajstić information content (AvgIpc) is 2.68. The van der Waals surface area contributed by atoms with Crippen LogP contribution < -0.4 is 4.90 Å². The van der Waals surface area contributed by atoms with Crippen LogP contribution in [0.1, 0.15) is 69.5 Å². The molecule has 0 saturated carbocycles. The Morgan fingerprint density at radius 3 is 1.48 bits per heavy atom. The zero-order valence-electron chi connectivity index (χ0n) is 43.8. The Morgan fingerprint density at radius 1 is 0.304 bits per heavy atom. The van der Waals surface area contributed by atoms with Gasteiger partial charge in [0.2, 0.25) is 0 Å². The molecule has 0 saturated heterocycles. The van der Waals surface area contributed by atoms with Gasteiger partial charge in [0, 0.05) is 33.1 Å². The third-order valence-electron chi connectivity index (χ3n) is 19.2. The predicted octanol–water partition coefficient (Wildman–Crippen LogP) is 19.2. The Balaban J connectivity index is 0.844. The van der Waals surface area contributed by atoms with Gasteiger partial charge in [-0.05, 0) is 154 Å². The van der Waals surface area contributed by atoms with E-state index in [9.17, 15) is 0 Å². The summed E-state index contributed by atoms with van der Waals surface area (Å²) in [6.07, 6.45) is 0. The van der Waals surface area contributed by atoms with E-state index >= 15 is 0 Å². The van der Waals surface area contributed by atoms with Crippen molar-refractivity contribution in [1.82, 2.24) is 4.57 Å². The van der Waals surface area contributed by atoms with E-state index in [1.54, 1.807) is 0 Å². The van der Waals surface area contributed by atoms with Crippen LogP contribution in [0.2, 0.25) is 0 Å². The van der Waals surface area contributed by atoms with Gasteiger partial charge in [0.25, 0.3) is 0 Å². The van der Waals surface area contributed by atoms with Gasteiger partial charge < -0.3 is 9.47 Å². The summed E-state index contributed by atoms with van der Waals surface area (Å²) >= 11 is 0. The summed E-state index contributed by atoms with van der Waals surface area (Å²) in [7, 11) is 0. The van der Waals surface area contributed by atoms with E-state index < -0.39 is 10.8 Å². The van der Waals surface area contributed by atoms with Crippen LogP contribution in [0.4, 0.5) is 17.1 Å². The molecule has 0 bridgehead atoms. The second-order valence-electron chi connectivity index (χ2n) is 23.0. The zero-order chi connectivity index (χ0) is 51.9. The molecule has 1 unspecified atom stereocenters. The molecule has 1 aromatic heterocycles. The quantitative estimate of drug-likeness (QED) is 0.171. The zero-order valence-corrected chi connectivity index (χ0v) is 43.8. The van der Waals surface area contributed by atoms with Crippen molar-refractivity contribution in [3.05, 3.63) is 323 Å². The van der Waals surface area contributed by atoms with E-state index in [4.69, 9.17) is 0 Å². The number of para-hydroxylation sites is 3. The summed E-state index contributed by atoms with van der Waals surface area (Å²) in [6.45, 7) is 4.78. The highest BCUT2D eigenvalue weighted by atomic mass is 15.1. The number of hydrogen-bond donors (Lipinski definition) is 0. The molecule has 2 heteroatoms. The molecule has 2 heterocycles. The van der Waals surface area contributed by atoms with Crippen LogP contribution in [0.15, 0.2) is 267 Å². The van der Waals surface area contributed by atoms with Gasteiger partial charge in [-0.15, -0.1) is 0 Å². The molecule has 4 aliphatic carbocycles. The Bertz CT molecular complexity index is 4790. The fourth-order valence-corrected chi connectivity index (χ4v) is 16.1. The third-order valence-corrected chi connectivity index (χ3v) is 19.2. The van der Waals surface area contributed by atoms with E-state index in [0.717, 1.165) is 11.4 Å². The van der Waals surface area contributed by atoms with E-state index in [1.165, 1.54) is 144 Å². The van der Waals surface area contributed by atoms with Crippen molar-refractivity contribution >= 4 is 38.9 Å². The van der Waals surface area contributed by atoms with Crippen molar-refractivity contribution in [2.75, 3.05) is 4.90 Å². The Kier molecular flexibility index (Phi) is 8.37. The second-order valence-corrected chi connectivity index (χ2v) is 23.0. The average molecular weight is 1000 g/mol. The smallest absolute Gasteiger partial charge is 0.0754 e. The van der Waals surface area contributed by atoms with Crippen LogP contribution >= 0.6 is 0 Å². The van der Waals surface area contributed by atoms with Crippen molar-refractivity contribution in [1.29, 1.82) is 0 Å². The molecule has 1 aliphatic heterocycles. The highest BCUT2D eigenvalue weighted by Crippen LogP contribution is 2.66. The normalized spacial score (nSPS) is 16.2. The highest BCUT2D eigenvalue weighted by molar-refractivity contribution is 6.13. The second kappa shape index (κ2) is 15.2. The highest BCUT2D eigenvalue weighted by Gasteiger charge is 2.53. The molecule has 2 spiro atoms. The number of rotatable bonds is 4. The first-order valence-electron chi connectivity index (χ1n) is 27.9. The van der Waals surface area contributed by atoms with Gasteiger partial charge in [-0.3, -0.25) is 0 Å². The predicted molar refractivity (Wildman–Crippen MR) is 326 cm³/mol. The minimum atomic E-state index is -0.526. The number of fused-ring (bicyclic) bond motifs is 25. The Morgan fingerprint density at radius 2 is 0.772 bits per heavy atom. The Hall–Kier alpha value is -9.76. The number of aromatic nitrogens is 1. The number of hydrogen-bond acceptors (Lipinski definition) is 1. The van der Waals surface area contributed by atoms with Crippen molar-refractivity contribution in [2.24, 2.45) is 0 Å².